The van der Waals surface area contributed by atoms with Crippen molar-refractivity contribution in [2.75, 3.05) is 39.6 Å². The van der Waals surface area contributed by atoms with Crippen molar-refractivity contribution in [3.8, 4) is 0 Å². The molecule has 95 heavy (non-hydrogen) atoms. The number of esters is 4. The van der Waals surface area contributed by atoms with Crippen LogP contribution in [0.4, 0.5) is 0 Å². The van der Waals surface area contributed by atoms with E-state index in [0.29, 0.717) is 25.7 Å². The highest BCUT2D eigenvalue weighted by Crippen LogP contribution is 2.45. The molecule has 0 aromatic carbocycles. The molecule has 19 heteroatoms. The Morgan fingerprint density at radius 3 is 0.621 bits per heavy atom. The average Bonchev–Trinajstić information content (AvgIpc) is 2.50. The summed E-state index contributed by atoms with van der Waals surface area (Å²) in [4.78, 5) is 72.8. The first-order valence-electron chi connectivity index (χ1n) is 39.8. The molecule has 3 N–H and O–H groups in total. The van der Waals surface area contributed by atoms with E-state index in [9.17, 15) is 43.2 Å². The smallest absolute Gasteiger partial charge is 0.462 e. The molecule has 0 radical (unpaired) electrons. The molecule has 0 aliphatic rings. The van der Waals surface area contributed by atoms with E-state index in [2.05, 4.69) is 27.7 Å². The summed E-state index contributed by atoms with van der Waals surface area (Å²) in [5.41, 5.74) is 0. The van der Waals surface area contributed by atoms with Gasteiger partial charge in [-0.3, -0.25) is 37.3 Å². The van der Waals surface area contributed by atoms with E-state index in [-0.39, 0.29) is 25.7 Å². The zero-order chi connectivity index (χ0) is 69.7. The van der Waals surface area contributed by atoms with Crippen LogP contribution in [-0.2, 0) is 65.4 Å². The van der Waals surface area contributed by atoms with Gasteiger partial charge in [-0.2, -0.15) is 0 Å². The quantitative estimate of drug-likeness (QED) is 0.0222. The zero-order valence-corrected chi connectivity index (χ0v) is 63.4. The Morgan fingerprint density at radius 2 is 0.421 bits per heavy atom. The first-order valence-corrected chi connectivity index (χ1v) is 42.8. The Bertz CT molecular complexity index is 1810. The van der Waals surface area contributed by atoms with Gasteiger partial charge in [0.1, 0.15) is 19.3 Å². The number of hydrogen-bond acceptors (Lipinski definition) is 15. The third-order valence-corrected chi connectivity index (χ3v) is 19.8. The molecule has 2 unspecified atom stereocenters. The van der Waals surface area contributed by atoms with Crippen molar-refractivity contribution in [2.24, 2.45) is 0 Å². The van der Waals surface area contributed by atoms with Crippen molar-refractivity contribution in [2.45, 2.75) is 425 Å². The lowest BCUT2D eigenvalue weighted by molar-refractivity contribution is -0.161. The van der Waals surface area contributed by atoms with Crippen LogP contribution in [0, 0.1) is 0 Å². The Kier molecular flexibility index (Phi) is 69.1. The maximum atomic E-state index is 13.1. The van der Waals surface area contributed by atoms with Crippen molar-refractivity contribution in [3.63, 3.8) is 0 Å². The fourth-order valence-electron chi connectivity index (χ4n) is 11.8. The summed E-state index contributed by atoms with van der Waals surface area (Å²) in [5.74, 6) is -2.11. The summed E-state index contributed by atoms with van der Waals surface area (Å²) >= 11 is 0. The van der Waals surface area contributed by atoms with Crippen LogP contribution in [0.25, 0.3) is 0 Å². The maximum Gasteiger partial charge on any atom is 0.472 e. The second kappa shape index (κ2) is 70.5. The highest BCUT2D eigenvalue weighted by Gasteiger charge is 2.30. The minimum atomic E-state index is -4.96. The van der Waals surface area contributed by atoms with Crippen molar-refractivity contribution in [1.29, 1.82) is 0 Å². The van der Waals surface area contributed by atoms with Gasteiger partial charge in [-0.1, -0.05) is 355 Å². The average molecular weight is 1400 g/mol. The molecule has 5 atom stereocenters. The van der Waals surface area contributed by atoms with E-state index in [0.717, 1.165) is 89.9 Å². The van der Waals surface area contributed by atoms with Gasteiger partial charge >= 0.3 is 39.5 Å². The summed E-state index contributed by atoms with van der Waals surface area (Å²) in [6.07, 6.45) is 60.8. The number of carbonyl (C=O) groups excluding carboxylic acids is 4. The van der Waals surface area contributed by atoms with Crippen LogP contribution in [0.2, 0.25) is 0 Å². The maximum absolute atomic E-state index is 13.1. The molecule has 17 nitrogen and oxygen atoms in total. The van der Waals surface area contributed by atoms with Gasteiger partial charge in [-0.05, 0) is 25.7 Å². The second-order valence-electron chi connectivity index (χ2n) is 27.4. The van der Waals surface area contributed by atoms with E-state index in [1.807, 2.05) is 0 Å². The van der Waals surface area contributed by atoms with Crippen LogP contribution in [0.15, 0.2) is 0 Å². The van der Waals surface area contributed by atoms with Crippen molar-refractivity contribution in [3.05, 3.63) is 0 Å². The lowest BCUT2D eigenvalue weighted by Crippen LogP contribution is -2.30. The van der Waals surface area contributed by atoms with E-state index >= 15 is 0 Å². The van der Waals surface area contributed by atoms with Gasteiger partial charge in [0.25, 0.3) is 0 Å². The number of carbonyl (C=O) groups is 4. The normalized spacial score (nSPS) is 13.9. The number of hydrogen-bond donors (Lipinski definition) is 3. The fourth-order valence-corrected chi connectivity index (χ4v) is 13.3. The summed E-state index contributed by atoms with van der Waals surface area (Å²) in [6, 6.07) is 0. The van der Waals surface area contributed by atoms with E-state index in [1.165, 1.54) is 238 Å². The highest BCUT2D eigenvalue weighted by molar-refractivity contribution is 7.47. The van der Waals surface area contributed by atoms with Crippen LogP contribution in [0.1, 0.15) is 407 Å². The molecule has 0 spiro atoms. The summed E-state index contributed by atoms with van der Waals surface area (Å²) < 4.78 is 68.5. The monoisotopic (exact) mass is 1400 g/mol. The summed E-state index contributed by atoms with van der Waals surface area (Å²) in [7, 11) is -9.91. The van der Waals surface area contributed by atoms with Crippen molar-refractivity contribution >= 4 is 39.5 Å². The van der Waals surface area contributed by atoms with Crippen LogP contribution < -0.4 is 0 Å². The molecule has 0 saturated carbocycles. The molecule has 0 aliphatic carbocycles. The largest absolute Gasteiger partial charge is 0.472 e. The molecule has 564 valence electrons. The summed E-state index contributed by atoms with van der Waals surface area (Å²) in [6.45, 7) is 5.00. The molecule has 0 heterocycles. The lowest BCUT2D eigenvalue weighted by Gasteiger charge is -2.21. The predicted molar refractivity (Wildman–Crippen MR) is 386 cm³/mol. The van der Waals surface area contributed by atoms with Crippen molar-refractivity contribution < 1.29 is 80.2 Å². The molecule has 0 fully saturated rings. The Morgan fingerprint density at radius 1 is 0.253 bits per heavy atom. The highest BCUT2D eigenvalue weighted by atomic mass is 31.2. The topological polar surface area (TPSA) is 237 Å². The first-order chi connectivity index (χ1) is 46.2. The fraction of sp³-hybridized carbons (Fsp3) is 0.947. The number of phosphoric acid groups is 2. The molecule has 0 amide bonds. The molecule has 0 aromatic heterocycles. The van der Waals surface area contributed by atoms with E-state index < -0.39 is 97.5 Å². The Labute approximate surface area is 581 Å². The van der Waals surface area contributed by atoms with Crippen LogP contribution in [0.3, 0.4) is 0 Å². The van der Waals surface area contributed by atoms with Crippen LogP contribution >= 0.6 is 15.6 Å². The first kappa shape index (κ1) is 93.1. The second-order valence-corrected chi connectivity index (χ2v) is 30.3. The number of unbranched alkanes of at least 4 members (excludes halogenated alkanes) is 51. The molecule has 0 bridgehead atoms. The standard InChI is InChI=1S/C76H148O17P2/c1-5-9-13-17-21-25-29-32-35-37-40-43-47-51-55-59-63-76(81)93-72(67-87-74(79)61-57-53-49-45-41-39-36-33-30-26-22-18-14-10-6-2)69-91-95(84,85)89-65-70(77)64-88-94(82,83)90-68-71(66-86-73(78)60-56-52-48-44-28-24-20-16-12-8-4)92-75(80)62-58-54-50-46-42-38-34-31-27-23-19-15-11-7-3/h70-72,77H,5-69H2,1-4H3,(H,82,83)(H,84,85)/t70-,71+,72+/m0/s1. The molecule has 0 aromatic rings. The lowest BCUT2D eigenvalue weighted by atomic mass is 10.0. The number of aliphatic hydroxyl groups is 1. The van der Waals surface area contributed by atoms with Gasteiger partial charge < -0.3 is 33.8 Å². The number of ether oxygens (including phenoxy) is 4. The van der Waals surface area contributed by atoms with Crippen molar-refractivity contribution in [1.82, 2.24) is 0 Å². The zero-order valence-electron chi connectivity index (χ0n) is 61.6. The minimum Gasteiger partial charge on any atom is -0.462 e. The van der Waals surface area contributed by atoms with Gasteiger partial charge in [0, 0.05) is 25.7 Å². The number of phosphoric ester groups is 2. The Hall–Kier alpha value is -1.94. The molecular formula is C76H148O17P2. The summed E-state index contributed by atoms with van der Waals surface area (Å²) in [5, 5.41) is 10.6. The molecule has 0 rings (SSSR count). The van der Waals surface area contributed by atoms with Gasteiger partial charge in [-0.15, -0.1) is 0 Å². The third-order valence-electron chi connectivity index (χ3n) is 17.9. The van der Waals surface area contributed by atoms with Gasteiger partial charge in [0.15, 0.2) is 12.2 Å². The minimum absolute atomic E-state index is 0.109. The Balaban J connectivity index is 5.24. The van der Waals surface area contributed by atoms with E-state index in [4.69, 9.17) is 37.0 Å². The number of aliphatic hydroxyl groups excluding tert-OH is 1. The van der Waals surface area contributed by atoms with Crippen LogP contribution in [-0.4, -0.2) is 96.7 Å². The van der Waals surface area contributed by atoms with E-state index in [1.54, 1.807) is 0 Å². The van der Waals surface area contributed by atoms with Gasteiger partial charge in [-0.25, -0.2) is 9.13 Å². The van der Waals surface area contributed by atoms with Crippen LogP contribution in [0.5, 0.6) is 0 Å². The van der Waals surface area contributed by atoms with Gasteiger partial charge in [0.05, 0.1) is 26.4 Å². The molecule has 0 aliphatic heterocycles. The molecule has 0 saturated heterocycles. The van der Waals surface area contributed by atoms with Gasteiger partial charge in [0.2, 0.25) is 0 Å². The third kappa shape index (κ3) is 70.3. The SMILES string of the molecule is CCCCCCCCCCCCCCCCCCC(=O)O[C@H](COC(=O)CCCCCCCCCCCCCCCCC)COP(=O)(O)OC[C@@H](O)COP(=O)(O)OC[C@@H](COC(=O)CCCCCCCCCCCC)OC(=O)CCCCCCCCCCCCCCCC. The number of rotatable bonds is 77. The predicted octanol–water partition coefficient (Wildman–Crippen LogP) is 22.6. The molecular weight excluding hydrogens is 1250 g/mol.